The van der Waals surface area contributed by atoms with Gasteiger partial charge in [-0.3, -0.25) is 4.79 Å². The summed E-state index contributed by atoms with van der Waals surface area (Å²) in [5.41, 5.74) is 2.05. The molecule has 2 saturated carbocycles. The quantitative estimate of drug-likeness (QED) is 0.829. The molecule has 5 nitrogen and oxygen atoms in total. The van der Waals surface area contributed by atoms with E-state index in [0.29, 0.717) is 5.92 Å². The Labute approximate surface area is 160 Å². The fraction of sp³-hybridized carbons (Fsp3) is 0.545. The zero-order chi connectivity index (χ0) is 19.0. The van der Waals surface area contributed by atoms with Crippen molar-refractivity contribution in [3.63, 3.8) is 0 Å². The second-order valence-electron chi connectivity index (χ2n) is 8.56. The number of nitrogens with one attached hydrogen (secondary N) is 1. The SMILES string of the molecule is COc1ccc(-c2cc(CC3CC(NC(=O)C4CCC4)C3(C)C)no2)cc1. The lowest BCUT2D eigenvalue weighted by Crippen LogP contribution is -2.59. The molecule has 0 aliphatic heterocycles. The molecule has 0 bridgehead atoms. The van der Waals surface area contributed by atoms with Gasteiger partial charge in [-0.1, -0.05) is 25.4 Å². The Morgan fingerprint density at radius 2 is 2.04 bits per heavy atom. The molecular weight excluding hydrogens is 340 g/mol. The zero-order valence-electron chi connectivity index (χ0n) is 16.3. The number of carbonyl (C=O) groups is 1. The van der Waals surface area contributed by atoms with Crippen LogP contribution in [0.25, 0.3) is 11.3 Å². The van der Waals surface area contributed by atoms with Gasteiger partial charge in [0.2, 0.25) is 5.91 Å². The highest BCUT2D eigenvalue weighted by Crippen LogP contribution is 2.48. The Morgan fingerprint density at radius 3 is 2.63 bits per heavy atom. The van der Waals surface area contributed by atoms with Gasteiger partial charge >= 0.3 is 0 Å². The van der Waals surface area contributed by atoms with Crippen molar-refractivity contribution in [2.45, 2.75) is 52.0 Å². The van der Waals surface area contributed by atoms with E-state index in [0.717, 1.165) is 48.5 Å². The van der Waals surface area contributed by atoms with Crippen molar-refractivity contribution >= 4 is 5.91 Å². The van der Waals surface area contributed by atoms with Crippen LogP contribution in [-0.2, 0) is 11.2 Å². The maximum atomic E-state index is 12.2. The van der Waals surface area contributed by atoms with E-state index in [1.165, 1.54) is 6.42 Å². The fourth-order valence-electron chi connectivity index (χ4n) is 4.12. The van der Waals surface area contributed by atoms with Crippen LogP contribution in [0.4, 0.5) is 0 Å². The minimum atomic E-state index is 0.0820. The number of hydrogen-bond acceptors (Lipinski definition) is 4. The molecule has 2 fully saturated rings. The van der Waals surface area contributed by atoms with Crippen molar-refractivity contribution in [2.24, 2.45) is 17.3 Å². The van der Waals surface area contributed by atoms with E-state index < -0.39 is 0 Å². The van der Waals surface area contributed by atoms with Gasteiger partial charge in [0.1, 0.15) is 5.75 Å². The van der Waals surface area contributed by atoms with E-state index >= 15 is 0 Å². The third-order valence-electron chi connectivity index (χ3n) is 6.65. The molecule has 1 heterocycles. The predicted octanol–water partition coefficient (Wildman–Crippen LogP) is 4.22. The first-order valence-electron chi connectivity index (χ1n) is 9.88. The molecule has 0 spiro atoms. The summed E-state index contributed by atoms with van der Waals surface area (Å²) in [5, 5.41) is 7.54. The lowest BCUT2D eigenvalue weighted by Gasteiger charge is -2.52. The molecule has 1 amide bonds. The minimum absolute atomic E-state index is 0.0820. The molecule has 2 aliphatic carbocycles. The second-order valence-corrected chi connectivity index (χ2v) is 8.56. The number of benzene rings is 1. The molecule has 144 valence electrons. The third kappa shape index (κ3) is 3.47. The maximum absolute atomic E-state index is 12.2. The monoisotopic (exact) mass is 368 g/mol. The average Bonchev–Trinajstić information content (AvgIpc) is 3.08. The Morgan fingerprint density at radius 1 is 1.30 bits per heavy atom. The van der Waals surface area contributed by atoms with Gasteiger partial charge in [-0.2, -0.15) is 0 Å². The molecule has 1 aromatic carbocycles. The summed E-state index contributed by atoms with van der Waals surface area (Å²) in [6.45, 7) is 4.49. The molecule has 2 aliphatic rings. The summed E-state index contributed by atoms with van der Waals surface area (Å²) >= 11 is 0. The maximum Gasteiger partial charge on any atom is 0.223 e. The Balaban J connectivity index is 1.35. The molecule has 0 saturated heterocycles. The van der Waals surface area contributed by atoms with Crippen LogP contribution in [0.2, 0.25) is 0 Å². The van der Waals surface area contributed by atoms with Crippen LogP contribution < -0.4 is 10.1 Å². The Kier molecular flexibility index (Phi) is 4.70. The van der Waals surface area contributed by atoms with Crippen molar-refractivity contribution in [2.75, 3.05) is 7.11 Å². The molecule has 4 rings (SSSR count). The molecular formula is C22H28N2O3. The number of rotatable bonds is 6. The van der Waals surface area contributed by atoms with Gasteiger partial charge in [0.25, 0.3) is 0 Å². The summed E-state index contributed by atoms with van der Waals surface area (Å²) in [4.78, 5) is 12.2. The average molecular weight is 368 g/mol. The molecule has 27 heavy (non-hydrogen) atoms. The van der Waals surface area contributed by atoms with Crippen molar-refractivity contribution in [3.05, 3.63) is 36.0 Å². The smallest absolute Gasteiger partial charge is 0.223 e. The van der Waals surface area contributed by atoms with Gasteiger partial charge in [0.05, 0.1) is 12.8 Å². The topological polar surface area (TPSA) is 64.4 Å². The molecule has 2 unspecified atom stereocenters. The zero-order valence-corrected chi connectivity index (χ0v) is 16.3. The molecule has 1 N–H and O–H groups in total. The third-order valence-corrected chi connectivity index (χ3v) is 6.65. The number of carbonyl (C=O) groups excluding carboxylic acids is 1. The number of hydrogen-bond donors (Lipinski definition) is 1. The highest BCUT2D eigenvalue weighted by atomic mass is 16.5. The predicted molar refractivity (Wildman–Crippen MR) is 103 cm³/mol. The lowest BCUT2D eigenvalue weighted by atomic mass is 9.57. The summed E-state index contributed by atoms with van der Waals surface area (Å²) in [7, 11) is 1.66. The molecule has 2 aromatic rings. The van der Waals surface area contributed by atoms with Gasteiger partial charge in [0, 0.05) is 23.6 Å². The van der Waals surface area contributed by atoms with Crippen molar-refractivity contribution in [1.82, 2.24) is 10.5 Å². The number of ether oxygens (including phenoxy) is 1. The fourth-order valence-corrected chi connectivity index (χ4v) is 4.12. The molecule has 0 radical (unpaired) electrons. The summed E-state index contributed by atoms with van der Waals surface area (Å²) in [5.74, 6) is 2.60. The van der Waals surface area contributed by atoms with Gasteiger partial charge in [-0.25, -0.2) is 0 Å². The van der Waals surface area contributed by atoms with E-state index in [9.17, 15) is 4.79 Å². The second kappa shape index (κ2) is 7.02. The van der Waals surface area contributed by atoms with E-state index in [4.69, 9.17) is 9.26 Å². The number of amides is 1. The summed E-state index contributed by atoms with van der Waals surface area (Å²) in [6, 6.07) is 10.1. The highest BCUT2D eigenvalue weighted by Gasteiger charge is 2.49. The van der Waals surface area contributed by atoms with Gasteiger partial charge < -0.3 is 14.6 Å². The normalized spacial score (nSPS) is 24.0. The largest absolute Gasteiger partial charge is 0.497 e. The summed E-state index contributed by atoms with van der Waals surface area (Å²) < 4.78 is 10.7. The molecule has 1 aromatic heterocycles. The Bertz CT molecular complexity index is 805. The summed E-state index contributed by atoms with van der Waals surface area (Å²) in [6.07, 6.45) is 5.18. The van der Waals surface area contributed by atoms with E-state index in [-0.39, 0.29) is 23.3 Å². The number of aromatic nitrogens is 1. The van der Waals surface area contributed by atoms with Crippen LogP contribution in [0.1, 0.15) is 45.2 Å². The van der Waals surface area contributed by atoms with Crippen LogP contribution >= 0.6 is 0 Å². The standard InChI is InChI=1S/C22H28N2O3/c1-22(2)16(12-20(22)23-21(25)15-5-4-6-15)11-17-13-19(27-24-17)14-7-9-18(26-3)10-8-14/h7-10,13,15-16,20H,4-6,11-12H2,1-3H3,(H,23,25). The minimum Gasteiger partial charge on any atom is -0.497 e. The highest BCUT2D eigenvalue weighted by molar-refractivity contribution is 5.79. The number of methoxy groups -OCH3 is 1. The molecule has 5 heteroatoms. The first-order valence-corrected chi connectivity index (χ1v) is 9.88. The first kappa shape index (κ1) is 18.1. The van der Waals surface area contributed by atoms with Crippen LogP contribution in [0.15, 0.2) is 34.9 Å². The van der Waals surface area contributed by atoms with E-state index in [1.807, 2.05) is 30.3 Å². The molecule has 2 atom stereocenters. The van der Waals surface area contributed by atoms with Gasteiger partial charge in [-0.05, 0) is 61.3 Å². The first-order chi connectivity index (χ1) is 13.0. The lowest BCUT2D eigenvalue weighted by molar-refractivity contribution is -0.132. The van der Waals surface area contributed by atoms with Crippen molar-refractivity contribution in [3.8, 4) is 17.1 Å². The van der Waals surface area contributed by atoms with Crippen molar-refractivity contribution < 1.29 is 14.1 Å². The van der Waals surface area contributed by atoms with Crippen LogP contribution in [0.3, 0.4) is 0 Å². The van der Waals surface area contributed by atoms with Crippen LogP contribution in [0, 0.1) is 17.3 Å². The van der Waals surface area contributed by atoms with Gasteiger partial charge in [-0.15, -0.1) is 0 Å². The van der Waals surface area contributed by atoms with E-state index in [2.05, 4.69) is 24.3 Å². The van der Waals surface area contributed by atoms with Gasteiger partial charge in [0.15, 0.2) is 5.76 Å². The Hall–Kier alpha value is -2.30. The van der Waals surface area contributed by atoms with Crippen molar-refractivity contribution in [1.29, 1.82) is 0 Å². The van der Waals surface area contributed by atoms with E-state index in [1.54, 1.807) is 7.11 Å². The number of nitrogens with zero attached hydrogens (tertiary/aromatic N) is 1. The van der Waals surface area contributed by atoms with Crippen LogP contribution in [-0.4, -0.2) is 24.2 Å². The van der Waals surface area contributed by atoms with Crippen LogP contribution in [0.5, 0.6) is 5.75 Å².